The fourth-order valence-corrected chi connectivity index (χ4v) is 1.04. The Morgan fingerprint density at radius 1 is 1.70 bits per heavy atom. The smallest absolute Gasteiger partial charge is 0.219 e. The number of aliphatic imine (C=N–C) groups is 1. The Kier molecular flexibility index (Phi) is 2.04. The maximum absolute atomic E-state index is 10.8. The Morgan fingerprint density at radius 3 is 2.80 bits per heavy atom. The molecule has 0 aliphatic carbocycles. The van der Waals surface area contributed by atoms with Gasteiger partial charge in [-0.15, -0.1) is 0 Å². The summed E-state index contributed by atoms with van der Waals surface area (Å²) in [6, 6.07) is 0. The van der Waals surface area contributed by atoms with Gasteiger partial charge in [-0.05, 0) is 6.92 Å². The van der Waals surface area contributed by atoms with Crippen LogP contribution in [0, 0.1) is 0 Å². The molecule has 1 rings (SSSR count). The summed E-state index contributed by atoms with van der Waals surface area (Å²) < 4.78 is 0. The van der Waals surface area contributed by atoms with Crippen molar-refractivity contribution < 1.29 is 4.79 Å². The average molecular weight is 140 g/mol. The molecule has 1 aliphatic heterocycles. The number of carbonyl (C=O) groups is 1. The van der Waals surface area contributed by atoms with E-state index in [0.29, 0.717) is 0 Å². The molecule has 0 aromatic heterocycles. The van der Waals surface area contributed by atoms with Gasteiger partial charge in [0.2, 0.25) is 5.91 Å². The summed E-state index contributed by atoms with van der Waals surface area (Å²) in [5.41, 5.74) is 1.06. The number of hydrogen-bond acceptors (Lipinski definition) is 2. The summed E-state index contributed by atoms with van der Waals surface area (Å²) in [5.74, 6) is 0.147. The Labute approximate surface area is 60.7 Å². The van der Waals surface area contributed by atoms with Crippen LogP contribution in [0.4, 0.5) is 0 Å². The van der Waals surface area contributed by atoms with Gasteiger partial charge in [-0.1, -0.05) is 0 Å². The van der Waals surface area contributed by atoms with Crippen molar-refractivity contribution in [2.24, 2.45) is 4.99 Å². The van der Waals surface area contributed by atoms with Crippen molar-refractivity contribution >= 4 is 11.6 Å². The van der Waals surface area contributed by atoms with Gasteiger partial charge in [-0.3, -0.25) is 9.79 Å². The molecule has 1 aliphatic rings. The Balaban J connectivity index is 2.53. The Morgan fingerprint density at radius 2 is 2.40 bits per heavy atom. The van der Waals surface area contributed by atoms with Crippen molar-refractivity contribution in [2.75, 3.05) is 19.6 Å². The van der Waals surface area contributed by atoms with E-state index in [1.54, 1.807) is 6.92 Å². The Bertz CT molecular complexity index is 174. The number of amides is 1. The van der Waals surface area contributed by atoms with Crippen LogP contribution < -0.4 is 0 Å². The lowest BCUT2D eigenvalue weighted by molar-refractivity contribution is -0.128. The van der Waals surface area contributed by atoms with Gasteiger partial charge in [-0.25, -0.2) is 0 Å². The highest BCUT2D eigenvalue weighted by Gasteiger charge is 2.12. The number of rotatable bonds is 0. The molecule has 0 aromatic carbocycles. The first-order valence-corrected chi connectivity index (χ1v) is 3.45. The van der Waals surface area contributed by atoms with Gasteiger partial charge in [0.25, 0.3) is 0 Å². The average Bonchev–Trinajstić information content (AvgIpc) is 1.88. The van der Waals surface area contributed by atoms with Gasteiger partial charge < -0.3 is 4.90 Å². The normalized spacial score (nSPS) is 18.6. The fraction of sp³-hybridized carbons (Fsp3) is 0.714. The maximum atomic E-state index is 10.8. The van der Waals surface area contributed by atoms with Crippen LogP contribution in [0.1, 0.15) is 13.8 Å². The predicted molar refractivity (Wildman–Crippen MR) is 40.2 cm³/mol. The van der Waals surface area contributed by atoms with Crippen LogP contribution in [0.3, 0.4) is 0 Å². The highest BCUT2D eigenvalue weighted by atomic mass is 16.2. The van der Waals surface area contributed by atoms with E-state index in [0.717, 1.165) is 25.3 Å². The second kappa shape index (κ2) is 2.82. The monoisotopic (exact) mass is 140 g/mol. The van der Waals surface area contributed by atoms with Crippen LogP contribution in [0.15, 0.2) is 4.99 Å². The Hall–Kier alpha value is -0.860. The van der Waals surface area contributed by atoms with E-state index < -0.39 is 0 Å². The van der Waals surface area contributed by atoms with Gasteiger partial charge in [0.1, 0.15) is 0 Å². The largest absolute Gasteiger partial charge is 0.336 e. The molecule has 3 heteroatoms. The lowest BCUT2D eigenvalue weighted by Crippen LogP contribution is -2.38. The lowest BCUT2D eigenvalue weighted by Gasteiger charge is -2.23. The highest BCUT2D eigenvalue weighted by molar-refractivity contribution is 5.88. The molecular formula is C7H12N2O. The first-order chi connectivity index (χ1) is 4.70. The third-order valence-electron chi connectivity index (χ3n) is 1.62. The van der Waals surface area contributed by atoms with Crippen molar-refractivity contribution in [1.29, 1.82) is 0 Å². The molecule has 0 atom stereocenters. The zero-order chi connectivity index (χ0) is 7.56. The third-order valence-corrected chi connectivity index (χ3v) is 1.62. The summed E-state index contributed by atoms with van der Waals surface area (Å²) >= 11 is 0. The predicted octanol–water partition coefficient (Wildman–Crippen LogP) is 0.309. The first-order valence-electron chi connectivity index (χ1n) is 3.45. The van der Waals surface area contributed by atoms with E-state index in [2.05, 4.69) is 4.99 Å². The SMILES string of the molecule is CC(=O)N1CCN=C(C)C1. The first kappa shape index (κ1) is 7.25. The molecule has 0 bridgehead atoms. The zero-order valence-corrected chi connectivity index (χ0v) is 6.42. The summed E-state index contributed by atoms with van der Waals surface area (Å²) in [6.07, 6.45) is 0. The van der Waals surface area contributed by atoms with Gasteiger partial charge in [0.15, 0.2) is 0 Å². The van der Waals surface area contributed by atoms with Crippen molar-refractivity contribution in [3.63, 3.8) is 0 Å². The quantitative estimate of drug-likeness (QED) is 0.476. The summed E-state index contributed by atoms with van der Waals surface area (Å²) in [7, 11) is 0. The molecule has 0 unspecified atom stereocenters. The highest BCUT2D eigenvalue weighted by Crippen LogP contribution is 1.97. The maximum Gasteiger partial charge on any atom is 0.219 e. The van der Waals surface area contributed by atoms with E-state index >= 15 is 0 Å². The zero-order valence-electron chi connectivity index (χ0n) is 6.42. The van der Waals surface area contributed by atoms with Crippen LogP contribution in [-0.4, -0.2) is 36.2 Å². The van der Waals surface area contributed by atoms with E-state index in [9.17, 15) is 4.79 Å². The molecule has 0 radical (unpaired) electrons. The van der Waals surface area contributed by atoms with Gasteiger partial charge >= 0.3 is 0 Å². The lowest BCUT2D eigenvalue weighted by atomic mass is 10.3. The van der Waals surface area contributed by atoms with E-state index in [1.807, 2.05) is 11.8 Å². The van der Waals surface area contributed by atoms with Crippen LogP contribution in [0.2, 0.25) is 0 Å². The molecule has 3 nitrogen and oxygen atoms in total. The molecule has 0 fully saturated rings. The van der Waals surface area contributed by atoms with Crippen molar-refractivity contribution in [1.82, 2.24) is 4.90 Å². The van der Waals surface area contributed by atoms with E-state index in [-0.39, 0.29) is 5.91 Å². The molecule has 0 saturated heterocycles. The van der Waals surface area contributed by atoms with Gasteiger partial charge in [0, 0.05) is 19.2 Å². The minimum Gasteiger partial charge on any atom is -0.336 e. The minimum atomic E-state index is 0.147. The van der Waals surface area contributed by atoms with Gasteiger partial charge in [0.05, 0.1) is 13.1 Å². The number of nitrogens with zero attached hydrogens (tertiary/aromatic N) is 2. The second-order valence-electron chi connectivity index (χ2n) is 2.56. The van der Waals surface area contributed by atoms with Gasteiger partial charge in [-0.2, -0.15) is 0 Å². The van der Waals surface area contributed by atoms with Crippen LogP contribution in [0.25, 0.3) is 0 Å². The molecule has 0 saturated carbocycles. The third kappa shape index (κ3) is 1.56. The van der Waals surface area contributed by atoms with E-state index in [1.165, 1.54) is 0 Å². The summed E-state index contributed by atoms with van der Waals surface area (Å²) in [5, 5.41) is 0. The van der Waals surface area contributed by atoms with Crippen LogP contribution >= 0.6 is 0 Å². The summed E-state index contributed by atoms with van der Waals surface area (Å²) in [4.78, 5) is 16.8. The topological polar surface area (TPSA) is 32.7 Å². The molecule has 10 heavy (non-hydrogen) atoms. The molecule has 1 amide bonds. The molecule has 0 spiro atoms. The standard InChI is InChI=1S/C7H12N2O/c1-6-5-9(7(2)10)4-3-8-6/h3-5H2,1-2H3. The van der Waals surface area contributed by atoms with E-state index in [4.69, 9.17) is 0 Å². The van der Waals surface area contributed by atoms with Crippen LogP contribution in [-0.2, 0) is 4.79 Å². The summed E-state index contributed by atoms with van der Waals surface area (Å²) in [6.45, 7) is 5.82. The number of carbonyl (C=O) groups excluding carboxylic acids is 1. The fourth-order valence-electron chi connectivity index (χ4n) is 1.04. The van der Waals surface area contributed by atoms with Crippen molar-refractivity contribution in [3.8, 4) is 0 Å². The van der Waals surface area contributed by atoms with Crippen LogP contribution in [0.5, 0.6) is 0 Å². The molecule has 0 N–H and O–H groups in total. The number of hydrogen-bond donors (Lipinski definition) is 0. The molecule has 1 heterocycles. The van der Waals surface area contributed by atoms with Crippen molar-refractivity contribution in [3.05, 3.63) is 0 Å². The molecular weight excluding hydrogens is 128 g/mol. The molecule has 0 aromatic rings. The minimum absolute atomic E-state index is 0.147. The van der Waals surface area contributed by atoms with Crippen molar-refractivity contribution in [2.45, 2.75) is 13.8 Å². The molecule has 56 valence electrons. The second-order valence-corrected chi connectivity index (χ2v) is 2.56.